The van der Waals surface area contributed by atoms with Gasteiger partial charge in [0.25, 0.3) is 0 Å². The molecular formula is C17H14ClFN2O2S. The fraction of sp³-hybridized carbons (Fsp3) is 0.118. The number of benzene rings is 2. The molecule has 0 fully saturated rings. The summed E-state index contributed by atoms with van der Waals surface area (Å²) in [7, 11) is -3.49. The van der Waals surface area contributed by atoms with Crippen LogP contribution in [0.15, 0.2) is 41.4 Å². The summed E-state index contributed by atoms with van der Waals surface area (Å²) in [4.78, 5) is 4.11. The number of halogens is 2. The van der Waals surface area contributed by atoms with Gasteiger partial charge in [-0.05, 0) is 42.3 Å². The van der Waals surface area contributed by atoms with E-state index in [0.29, 0.717) is 32.6 Å². The van der Waals surface area contributed by atoms with Gasteiger partial charge in [0.15, 0.2) is 9.84 Å². The molecule has 0 aliphatic rings. The first-order valence-electron chi connectivity index (χ1n) is 7.03. The van der Waals surface area contributed by atoms with Crippen molar-refractivity contribution < 1.29 is 12.8 Å². The summed E-state index contributed by atoms with van der Waals surface area (Å²) in [6.07, 6.45) is 2.32. The van der Waals surface area contributed by atoms with Gasteiger partial charge in [-0.1, -0.05) is 17.7 Å². The van der Waals surface area contributed by atoms with Crippen LogP contribution in [0.3, 0.4) is 0 Å². The average Bonchev–Trinajstić information content (AvgIpc) is 2.51. The summed E-state index contributed by atoms with van der Waals surface area (Å²) >= 11 is 6.05. The number of nitrogens with two attached hydrogens (primary N) is 1. The molecule has 2 N–H and O–H groups in total. The van der Waals surface area contributed by atoms with Crippen molar-refractivity contribution in [2.45, 2.75) is 11.8 Å². The molecule has 0 saturated heterocycles. The van der Waals surface area contributed by atoms with Crippen LogP contribution in [-0.2, 0) is 9.84 Å². The van der Waals surface area contributed by atoms with Crippen LogP contribution in [-0.4, -0.2) is 19.7 Å². The number of fused-ring (bicyclic) bond motifs is 1. The van der Waals surface area contributed by atoms with Crippen LogP contribution in [0.2, 0.25) is 5.02 Å². The third-order valence-corrected chi connectivity index (χ3v) is 5.40. The zero-order chi connectivity index (χ0) is 17.6. The second-order valence-corrected chi connectivity index (χ2v) is 8.00. The second-order valence-electron chi connectivity index (χ2n) is 5.61. The minimum Gasteiger partial charge on any atom is -0.397 e. The molecule has 0 bridgehead atoms. The lowest BCUT2D eigenvalue weighted by Crippen LogP contribution is -2.04. The van der Waals surface area contributed by atoms with Crippen LogP contribution in [0.25, 0.3) is 22.0 Å². The fourth-order valence-electron chi connectivity index (χ4n) is 2.48. The van der Waals surface area contributed by atoms with E-state index in [9.17, 15) is 12.8 Å². The molecule has 124 valence electrons. The van der Waals surface area contributed by atoms with E-state index in [1.54, 1.807) is 31.2 Å². The molecule has 0 aliphatic heterocycles. The Morgan fingerprint density at radius 1 is 1.17 bits per heavy atom. The number of nitrogen functional groups attached to an aromatic ring is 1. The van der Waals surface area contributed by atoms with E-state index in [4.69, 9.17) is 17.3 Å². The molecular weight excluding hydrogens is 351 g/mol. The molecule has 0 aliphatic carbocycles. The van der Waals surface area contributed by atoms with Crippen LogP contribution >= 0.6 is 11.6 Å². The Labute approximate surface area is 144 Å². The number of pyridine rings is 1. The first-order chi connectivity index (χ1) is 11.2. The highest BCUT2D eigenvalue weighted by atomic mass is 35.5. The third kappa shape index (κ3) is 2.83. The van der Waals surface area contributed by atoms with Gasteiger partial charge in [-0.15, -0.1) is 0 Å². The highest BCUT2D eigenvalue weighted by Crippen LogP contribution is 2.32. The minimum absolute atomic E-state index is 0.0275. The SMILES string of the molecule is Cc1c(F)cc(-c2ccc3ncc(S(C)(=O)=O)c(N)c3c2)cc1Cl. The maximum Gasteiger partial charge on any atom is 0.179 e. The summed E-state index contributed by atoms with van der Waals surface area (Å²) in [6, 6.07) is 8.19. The maximum atomic E-state index is 13.9. The normalized spacial score (nSPS) is 11.8. The van der Waals surface area contributed by atoms with Crippen molar-refractivity contribution in [3.05, 3.63) is 52.9 Å². The van der Waals surface area contributed by atoms with Crippen molar-refractivity contribution in [1.82, 2.24) is 4.98 Å². The van der Waals surface area contributed by atoms with E-state index < -0.39 is 15.7 Å². The minimum atomic E-state index is -3.49. The molecule has 0 spiro atoms. The number of nitrogens with zero attached hydrogens (tertiary/aromatic N) is 1. The largest absolute Gasteiger partial charge is 0.397 e. The lowest BCUT2D eigenvalue weighted by Gasteiger charge is -2.10. The Hall–Kier alpha value is -2.18. The first-order valence-corrected chi connectivity index (χ1v) is 9.29. The number of rotatable bonds is 2. The van der Waals surface area contributed by atoms with Crippen molar-refractivity contribution in [2.24, 2.45) is 0 Å². The van der Waals surface area contributed by atoms with E-state index in [2.05, 4.69) is 4.98 Å². The van der Waals surface area contributed by atoms with E-state index >= 15 is 0 Å². The summed E-state index contributed by atoms with van der Waals surface area (Å²) in [5.41, 5.74) is 8.33. The van der Waals surface area contributed by atoms with Crippen LogP contribution in [0.4, 0.5) is 10.1 Å². The molecule has 0 radical (unpaired) electrons. The molecule has 3 rings (SSSR count). The fourth-order valence-corrected chi connectivity index (χ4v) is 3.44. The Kier molecular flexibility index (Phi) is 3.97. The predicted molar refractivity (Wildman–Crippen MR) is 94.4 cm³/mol. The molecule has 1 heterocycles. The van der Waals surface area contributed by atoms with Crippen LogP contribution in [0.5, 0.6) is 0 Å². The van der Waals surface area contributed by atoms with Crippen molar-refractivity contribution >= 4 is 38.0 Å². The molecule has 4 nitrogen and oxygen atoms in total. The van der Waals surface area contributed by atoms with E-state index in [0.717, 1.165) is 6.26 Å². The Morgan fingerprint density at radius 3 is 2.50 bits per heavy atom. The zero-order valence-corrected chi connectivity index (χ0v) is 14.5. The monoisotopic (exact) mass is 364 g/mol. The average molecular weight is 365 g/mol. The molecule has 7 heteroatoms. The Balaban J connectivity index is 2.27. The zero-order valence-electron chi connectivity index (χ0n) is 13.0. The lowest BCUT2D eigenvalue weighted by molar-refractivity contribution is 0.602. The number of sulfone groups is 1. The molecule has 0 unspecified atom stereocenters. The van der Waals surface area contributed by atoms with Gasteiger partial charge in [-0.25, -0.2) is 12.8 Å². The van der Waals surface area contributed by atoms with Crippen molar-refractivity contribution in [3.63, 3.8) is 0 Å². The predicted octanol–water partition coefficient (Wildman–Crippen LogP) is 3.99. The molecule has 1 aromatic heterocycles. The van der Waals surface area contributed by atoms with Crippen LogP contribution < -0.4 is 5.73 Å². The van der Waals surface area contributed by atoms with Crippen molar-refractivity contribution in [2.75, 3.05) is 12.0 Å². The summed E-state index contributed by atoms with van der Waals surface area (Å²) in [5.74, 6) is -0.409. The number of hydrogen-bond acceptors (Lipinski definition) is 4. The summed E-state index contributed by atoms with van der Waals surface area (Å²) < 4.78 is 37.5. The van der Waals surface area contributed by atoms with E-state index in [-0.39, 0.29) is 10.6 Å². The molecule has 2 aromatic carbocycles. The topological polar surface area (TPSA) is 73.0 Å². The van der Waals surface area contributed by atoms with Crippen LogP contribution in [0.1, 0.15) is 5.56 Å². The Bertz CT molecular complexity index is 1060. The lowest BCUT2D eigenvalue weighted by atomic mass is 10.0. The molecule has 0 saturated carbocycles. The quantitative estimate of drug-likeness (QED) is 0.746. The van der Waals surface area contributed by atoms with Gasteiger partial charge >= 0.3 is 0 Å². The van der Waals surface area contributed by atoms with Gasteiger partial charge in [-0.3, -0.25) is 4.98 Å². The summed E-state index contributed by atoms with van der Waals surface area (Å²) in [5, 5.41) is 0.814. The Morgan fingerprint density at radius 2 is 1.88 bits per heavy atom. The smallest absolute Gasteiger partial charge is 0.179 e. The van der Waals surface area contributed by atoms with Gasteiger partial charge in [0.2, 0.25) is 0 Å². The van der Waals surface area contributed by atoms with Gasteiger partial charge < -0.3 is 5.73 Å². The highest BCUT2D eigenvalue weighted by Gasteiger charge is 2.16. The molecule has 0 amide bonds. The maximum absolute atomic E-state index is 13.9. The second kappa shape index (κ2) is 5.72. The van der Waals surface area contributed by atoms with Gasteiger partial charge in [-0.2, -0.15) is 0 Å². The van der Waals surface area contributed by atoms with E-state index in [1.807, 2.05) is 0 Å². The molecule has 3 aromatic rings. The number of aromatic nitrogens is 1. The van der Waals surface area contributed by atoms with Crippen molar-refractivity contribution in [3.8, 4) is 11.1 Å². The van der Waals surface area contributed by atoms with E-state index in [1.165, 1.54) is 12.3 Å². The van der Waals surface area contributed by atoms with Crippen LogP contribution in [0, 0.1) is 12.7 Å². The standard InChI is InChI=1S/C17H14ClFN2O2S/c1-9-13(18)6-11(7-14(9)19)10-3-4-15-12(5-10)17(20)16(8-21-15)24(2,22)23/h3-8H,1-2H3,(H2,20,21). The number of hydrogen-bond donors (Lipinski definition) is 1. The van der Waals surface area contributed by atoms with Gasteiger partial charge in [0.1, 0.15) is 10.7 Å². The van der Waals surface area contributed by atoms with Gasteiger partial charge in [0.05, 0.1) is 11.2 Å². The highest BCUT2D eigenvalue weighted by molar-refractivity contribution is 7.90. The van der Waals surface area contributed by atoms with Gasteiger partial charge in [0, 0.05) is 28.4 Å². The molecule has 0 atom stereocenters. The number of anilines is 1. The first kappa shape index (κ1) is 16.7. The summed E-state index contributed by atoms with van der Waals surface area (Å²) in [6.45, 7) is 1.60. The third-order valence-electron chi connectivity index (χ3n) is 3.89. The van der Waals surface area contributed by atoms with Crippen molar-refractivity contribution in [1.29, 1.82) is 0 Å². The molecule has 24 heavy (non-hydrogen) atoms.